The summed E-state index contributed by atoms with van der Waals surface area (Å²) < 4.78 is 14.7. The quantitative estimate of drug-likeness (QED) is 0.431. The number of hydrogen-bond donors (Lipinski definition) is 0. The van der Waals surface area contributed by atoms with Crippen LogP contribution in [0.3, 0.4) is 0 Å². The van der Waals surface area contributed by atoms with Crippen molar-refractivity contribution in [2.45, 2.75) is 13.8 Å². The van der Waals surface area contributed by atoms with Gasteiger partial charge in [0.25, 0.3) is 0 Å². The van der Waals surface area contributed by atoms with E-state index in [-0.39, 0.29) is 23.8 Å². The van der Waals surface area contributed by atoms with Gasteiger partial charge in [-0.05, 0) is 18.1 Å². The van der Waals surface area contributed by atoms with Gasteiger partial charge in [0.05, 0.1) is 25.9 Å². The molecule has 0 saturated heterocycles. The minimum atomic E-state index is -1.11. The van der Waals surface area contributed by atoms with Crippen molar-refractivity contribution >= 4 is 12.1 Å². The van der Waals surface area contributed by atoms with Gasteiger partial charge in [0.15, 0.2) is 0 Å². The van der Waals surface area contributed by atoms with E-state index in [0.29, 0.717) is 5.75 Å². The van der Waals surface area contributed by atoms with Crippen LogP contribution in [0.4, 0.5) is 4.79 Å². The van der Waals surface area contributed by atoms with Crippen LogP contribution in [0.15, 0.2) is 18.2 Å². The standard InChI is InChI=1S/C14H18O8/c1-9(2)8-19-14(16)21-22-20-13(15)11-6-5-10(17-3)7-12(11)18-4/h5-7,9H,8H2,1-4H3. The van der Waals surface area contributed by atoms with Crippen LogP contribution in [0.5, 0.6) is 11.5 Å². The van der Waals surface area contributed by atoms with E-state index in [1.54, 1.807) is 0 Å². The van der Waals surface area contributed by atoms with Crippen LogP contribution in [0.1, 0.15) is 24.2 Å². The molecule has 122 valence electrons. The van der Waals surface area contributed by atoms with Crippen LogP contribution < -0.4 is 9.47 Å². The van der Waals surface area contributed by atoms with Crippen molar-refractivity contribution < 1.29 is 38.6 Å². The summed E-state index contributed by atoms with van der Waals surface area (Å²) in [4.78, 5) is 31.3. The zero-order valence-electron chi connectivity index (χ0n) is 12.8. The molecular formula is C14H18O8. The molecule has 0 unspecified atom stereocenters. The van der Waals surface area contributed by atoms with E-state index in [2.05, 4.69) is 19.6 Å². The van der Waals surface area contributed by atoms with Gasteiger partial charge in [0, 0.05) is 6.07 Å². The molecule has 0 fully saturated rings. The van der Waals surface area contributed by atoms with E-state index < -0.39 is 12.1 Å². The third kappa shape index (κ3) is 5.49. The number of carbonyl (C=O) groups is 2. The summed E-state index contributed by atoms with van der Waals surface area (Å²) in [5.41, 5.74) is 0.0717. The predicted octanol–water partition coefficient (Wildman–Crippen LogP) is 2.52. The van der Waals surface area contributed by atoms with Crippen molar-refractivity contribution in [3.8, 4) is 11.5 Å². The van der Waals surface area contributed by atoms with Gasteiger partial charge in [-0.2, -0.15) is 0 Å². The average Bonchev–Trinajstić information content (AvgIpc) is 2.52. The molecule has 0 spiro atoms. The van der Waals surface area contributed by atoms with E-state index in [1.165, 1.54) is 32.4 Å². The van der Waals surface area contributed by atoms with Gasteiger partial charge in [0.2, 0.25) is 0 Å². The van der Waals surface area contributed by atoms with Crippen LogP contribution >= 0.6 is 0 Å². The first kappa shape index (κ1) is 17.6. The average molecular weight is 314 g/mol. The molecule has 0 aliphatic rings. The lowest BCUT2D eigenvalue weighted by molar-refractivity contribution is -0.452. The second-order valence-corrected chi connectivity index (χ2v) is 4.54. The topological polar surface area (TPSA) is 89.5 Å². The molecule has 0 N–H and O–H groups in total. The Bertz CT molecular complexity index is 512. The summed E-state index contributed by atoms with van der Waals surface area (Å²) in [6.07, 6.45) is -1.11. The molecule has 0 amide bonds. The van der Waals surface area contributed by atoms with Gasteiger partial charge in [-0.3, -0.25) is 4.89 Å². The Morgan fingerprint density at radius 1 is 1.09 bits per heavy atom. The highest BCUT2D eigenvalue weighted by Gasteiger charge is 2.17. The summed E-state index contributed by atoms with van der Waals surface area (Å²) in [6.45, 7) is 3.86. The van der Waals surface area contributed by atoms with E-state index in [9.17, 15) is 9.59 Å². The molecule has 0 radical (unpaired) electrons. The molecule has 0 heterocycles. The summed E-state index contributed by atoms with van der Waals surface area (Å²) in [5.74, 6) is -0.0482. The molecule has 1 rings (SSSR count). The Morgan fingerprint density at radius 3 is 2.41 bits per heavy atom. The summed E-state index contributed by atoms with van der Waals surface area (Å²) in [7, 11) is 2.86. The second-order valence-electron chi connectivity index (χ2n) is 4.54. The van der Waals surface area contributed by atoms with Gasteiger partial charge < -0.3 is 14.2 Å². The maximum absolute atomic E-state index is 11.8. The molecule has 0 aromatic heterocycles. The maximum atomic E-state index is 11.8. The monoisotopic (exact) mass is 314 g/mol. The maximum Gasteiger partial charge on any atom is 0.543 e. The summed E-state index contributed by atoms with van der Waals surface area (Å²) in [5, 5.41) is 4.09. The Hall–Kier alpha value is -2.48. The first-order chi connectivity index (χ1) is 10.5. The van der Waals surface area contributed by atoms with Crippen LogP contribution in [0, 0.1) is 5.92 Å². The van der Waals surface area contributed by atoms with Crippen LogP contribution in [-0.2, 0) is 19.6 Å². The Kier molecular flexibility index (Phi) is 6.97. The van der Waals surface area contributed by atoms with E-state index in [4.69, 9.17) is 9.47 Å². The highest BCUT2D eigenvalue weighted by Crippen LogP contribution is 2.25. The number of methoxy groups -OCH3 is 2. The number of carbonyl (C=O) groups excluding carboxylic acids is 2. The zero-order chi connectivity index (χ0) is 16.5. The normalized spacial score (nSPS) is 10.0. The van der Waals surface area contributed by atoms with Crippen molar-refractivity contribution in [3.63, 3.8) is 0 Å². The van der Waals surface area contributed by atoms with E-state index >= 15 is 0 Å². The second kappa shape index (κ2) is 8.73. The minimum absolute atomic E-state index is 0.0717. The van der Waals surface area contributed by atoms with Crippen molar-refractivity contribution in [1.82, 2.24) is 0 Å². The fourth-order valence-corrected chi connectivity index (χ4v) is 1.35. The third-order valence-electron chi connectivity index (χ3n) is 2.37. The van der Waals surface area contributed by atoms with Gasteiger partial charge in [-0.1, -0.05) is 13.8 Å². The molecule has 1 aromatic carbocycles. The van der Waals surface area contributed by atoms with Crippen LogP contribution in [0.2, 0.25) is 0 Å². The summed E-state index contributed by atoms with van der Waals surface area (Å²) in [6, 6.07) is 4.45. The fourth-order valence-electron chi connectivity index (χ4n) is 1.35. The number of hydrogen-bond acceptors (Lipinski definition) is 8. The molecule has 0 aliphatic heterocycles. The lowest BCUT2D eigenvalue weighted by Gasteiger charge is -2.09. The molecular weight excluding hydrogens is 296 g/mol. The van der Waals surface area contributed by atoms with Crippen molar-refractivity contribution in [2.75, 3.05) is 20.8 Å². The summed E-state index contributed by atoms with van der Waals surface area (Å²) >= 11 is 0. The first-order valence-corrected chi connectivity index (χ1v) is 6.42. The highest BCUT2D eigenvalue weighted by atomic mass is 17.5. The lowest BCUT2D eigenvalue weighted by atomic mass is 10.2. The zero-order valence-corrected chi connectivity index (χ0v) is 12.8. The van der Waals surface area contributed by atoms with E-state index in [1.807, 2.05) is 13.8 Å². The smallest absolute Gasteiger partial charge is 0.497 e. The van der Waals surface area contributed by atoms with Gasteiger partial charge >= 0.3 is 12.1 Å². The van der Waals surface area contributed by atoms with E-state index in [0.717, 1.165) is 0 Å². The minimum Gasteiger partial charge on any atom is -0.497 e. The van der Waals surface area contributed by atoms with Gasteiger partial charge in [0.1, 0.15) is 17.1 Å². The molecule has 1 aromatic rings. The molecule has 8 nitrogen and oxygen atoms in total. The van der Waals surface area contributed by atoms with Crippen LogP contribution in [0.25, 0.3) is 0 Å². The molecule has 22 heavy (non-hydrogen) atoms. The fraction of sp³-hybridized carbons (Fsp3) is 0.429. The number of benzene rings is 1. The Balaban J connectivity index is 2.50. The third-order valence-corrected chi connectivity index (χ3v) is 2.37. The predicted molar refractivity (Wildman–Crippen MR) is 73.3 cm³/mol. The van der Waals surface area contributed by atoms with Crippen molar-refractivity contribution in [1.29, 1.82) is 0 Å². The molecule has 0 atom stereocenters. The molecule has 0 saturated carbocycles. The SMILES string of the molecule is COc1ccc(C(=O)OOOC(=O)OCC(C)C)c(OC)c1. The number of ether oxygens (including phenoxy) is 3. The van der Waals surface area contributed by atoms with Crippen molar-refractivity contribution in [2.24, 2.45) is 5.92 Å². The largest absolute Gasteiger partial charge is 0.543 e. The molecule has 8 heteroatoms. The van der Waals surface area contributed by atoms with Crippen molar-refractivity contribution in [3.05, 3.63) is 23.8 Å². The highest BCUT2D eigenvalue weighted by molar-refractivity contribution is 5.92. The number of rotatable bonds is 7. The van der Waals surface area contributed by atoms with Gasteiger partial charge in [-0.25, -0.2) is 14.5 Å². The first-order valence-electron chi connectivity index (χ1n) is 6.42. The lowest BCUT2D eigenvalue weighted by Crippen LogP contribution is -2.14. The molecule has 0 aliphatic carbocycles. The Morgan fingerprint density at radius 2 is 1.82 bits per heavy atom. The molecule has 0 bridgehead atoms. The van der Waals surface area contributed by atoms with Gasteiger partial charge in [-0.15, -0.1) is 0 Å². The Labute approximate surface area is 127 Å². The van der Waals surface area contributed by atoms with Crippen LogP contribution in [-0.4, -0.2) is 33.0 Å².